The third kappa shape index (κ3) is 2.34. The number of aromatic amines is 1. The highest BCUT2D eigenvalue weighted by Gasteiger charge is 2.04. The first-order valence-electron chi connectivity index (χ1n) is 7.43. The van der Waals surface area contributed by atoms with Gasteiger partial charge in [0.05, 0.1) is 10.9 Å². The molecule has 4 aromatic rings. The Balaban J connectivity index is 1.80. The molecular weight excluding hydrogens is 286 g/mol. The summed E-state index contributed by atoms with van der Waals surface area (Å²) in [4.78, 5) is 19.4. The summed E-state index contributed by atoms with van der Waals surface area (Å²) in [6, 6.07) is 15.6. The molecule has 2 aromatic carbocycles. The highest BCUT2D eigenvalue weighted by molar-refractivity contribution is 5.91. The van der Waals surface area contributed by atoms with Gasteiger partial charge in [-0.1, -0.05) is 30.3 Å². The SMILES string of the molecule is Cn1cc(/C=C/c2nc3ccccc3c(=O)[nH]2)c2ccccc21. The van der Waals surface area contributed by atoms with Crippen LogP contribution in [0.4, 0.5) is 0 Å². The molecule has 1 N–H and O–H groups in total. The van der Waals surface area contributed by atoms with Crippen LogP contribution in [-0.4, -0.2) is 14.5 Å². The van der Waals surface area contributed by atoms with Gasteiger partial charge < -0.3 is 9.55 Å². The van der Waals surface area contributed by atoms with Crippen molar-refractivity contribution in [1.82, 2.24) is 14.5 Å². The Bertz CT molecular complexity index is 1100. The van der Waals surface area contributed by atoms with Crippen LogP contribution in [0.15, 0.2) is 59.5 Å². The van der Waals surface area contributed by atoms with Crippen molar-refractivity contribution in [2.24, 2.45) is 7.05 Å². The van der Waals surface area contributed by atoms with E-state index < -0.39 is 0 Å². The van der Waals surface area contributed by atoms with Gasteiger partial charge in [-0.25, -0.2) is 4.98 Å². The topological polar surface area (TPSA) is 50.7 Å². The zero-order valence-corrected chi connectivity index (χ0v) is 12.7. The van der Waals surface area contributed by atoms with Crippen molar-refractivity contribution in [3.63, 3.8) is 0 Å². The summed E-state index contributed by atoms with van der Waals surface area (Å²) >= 11 is 0. The Kier molecular flexibility index (Phi) is 3.08. The van der Waals surface area contributed by atoms with E-state index in [-0.39, 0.29) is 5.56 Å². The fourth-order valence-electron chi connectivity index (χ4n) is 2.86. The second-order valence-corrected chi connectivity index (χ2v) is 5.51. The summed E-state index contributed by atoms with van der Waals surface area (Å²) < 4.78 is 2.09. The number of aryl methyl sites for hydroxylation is 1. The van der Waals surface area contributed by atoms with E-state index in [1.165, 1.54) is 10.9 Å². The minimum atomic E-state index is -0.117. The third-order valence-electron chi connectivity index (χ3n) is 3.98. The summed E-state index contributed by atoms with van der Waals surface area (Å²) in [7, 11) is 2.02. The first-order valence-corrected chi connectivity index (χ1v) is 7.43. The Morgan fingerprint density at radius 1 is 1.00 bits per heavy atom. The summed E-state index contributed by atoms with van der Waals surface area (Å²) in [5.74, 6) is 0.557. The van der Waals surface area contributed by atoms with Gasteiger partial charge in [0, 0.05) is 29.7 Å². The lowest BCUT2D eigenvalue weighted by Gasteiger charge is -1.98. The van der Waals surface area contributed by atoms with E-state index >= 15 is 0 Å². The largest absolute Gasteiger partial charge is 0.350 e. The smallest absolute Gasteiger partial charge is 0.259 e. The maximum atomic E-state index is 12.1. The summed E-state index contributed by atoms with van der Waals surface area (Å²) in [6.07, 6.45) is 5.89. The van der Waals surface area contributed by atoms with Gasteiger partial charge in [0.2, 0.25) is 0 Å². The number of nitrogens with zero attached hydrogens (tertiary/aromatic N) is 2. The molecule has 112 valence electrons. The van der Waals surface area contributed by atoms with Gasteiger partial charge in [-0.15, -0.1) is 0 Å². The molecule has 0 unspecified atom stereocenters. The molecule has 23 heavy (non-hydrogen) atoms. The van der Waals surface area contributed by atoms with Gasteiger partial charge in [0.25, 0.3) is 5.56 Å². The number of aromatic nitrogens is 3. The summed E-state index contributed by atoms with van der Waals surface area (Å²) in [5.41, 5.74) is 2.85. The number of H-pyrrole nitrogens is 1. The van der Waals surface area contributed by atoms with Crippen LogP contribution in [0.3, 0.4) is 0 Å². The van der Waals surface area contributed by atoms with Crippen molar-refractivity contribution in [3.8, 4) is 0 Å². The summed E-state index contributed by atoms with van der Waals surface area (Å²) in [6.45, 7) is 0. The Morgan fingerprint density at radius 2 is 1.74 bits per heavy atom. The lowest BCUT2D eigenvalue weighted by atomic mass is 10.1. The molecule has 0 spiro atoms. The number of hydrogen-bond acceptors (Lipinski definition) is 2. The molecule has 0 radical (unpaired) electrons. The molecule has 0 aliphatic heterocycles. The number of rotatable bonds is 2. The molecule has 0 saturated heterocycles. The third-order valence-corrected chi connectivity index (χ3v) is 3.98. The maximum Gasteiger partial charge on any atom is 0.259 e. The van der Waals surface area contributed by atoms with E-state index in [1.54, 1.807) is 6.07 Å². The molecule has 0 aliphatic rings. The van der Waals surface area contributed by atoms with E-state index in [2.05, 4.69) is 32.9 Å². The number of fused-ring (bicyclic) bond motifs is 2. The molecule has 0 atom stereocenters. The Labute approximate surface area is 132 Å². The lowest BCUT2D eigenvalue weighted by molar-refractivity contribution is 0.968. The predicted octanol–water partition coefficient (Wildman–Crippen LogP) is 3.59. The molecule has 2 aromatic heterocycles. The van der Waals surface area contributed by atoms with Gasteiger partial charge >= 0.3 is 0 Å². The monoisotopic (exact) mass is 301 g/mol. The van der Waals surface area contributed by atoms with Crippen LogP contribution in [0.25, 0.3) is 34.0 Å². The molecule has 4 nitrogen and oxygen atoms in total. The highest BCUT2D eigenvalue weighted by Crippen LogP contribution is 2.22. The molecule has 0 saturated carbocycles. The van der Waals surface area contributed by atoms with Crippen LogP contribution in [-0.2, 0) is 7.05 Å². The van der Waals surface area contributed by atoms with Gasteiger partial charge in [0.1, 0.15) is 5.82 Å². The molecule has 0 bridgehead atoms. The minimum Gasteiger partial charge on any atom is -0.350 e. The van der Waals surface area contributed by atoms with Crippen LogP contribution >= 0.6 is 0 Å². The average molecular weight is 301 g/mol. The maximum absolute atomic E-state index is 12.1. The van der Waals surface area contributed by atoms with Crippen LogP contribution < -0.4 is 5.56 Å². The standard InChI is InChI=1S/C19H15N3O/c1-22-12-13(14-6-3-5-9-17(14)22)10-11-18-20-16-8-4-2-7-15(16)19(23)21-18/h2-12H,1H3,(H,20,21,23)/b11-10+. The molecule has 0 aliphatic carbocycles. The molecule has 0 fully saturated rings. The van der Waals surface area contributed by atoms with Gasteiger partial charge in [0.15, 0.2) is 0 Å². The second-order valence-electron chi connectivity index (χ2n) is 5.51. The van der Waals surface area contributed by atoms with E-state index in [0.717, 1.165) is 5.56 Å². The normalized spacial score (nSPS) is 11.7. The first-order chi connectivity index (χ1) is 11.2. The molecule has 4 rings (SSSR count). The zero-order chi connectivity index (χ0) is 15.8. The van der Waals surface area contributed by atoms with Crippen molar-refractivity contribution in [3.05, 3.63) is 76.5 Å². The Morgan fingerprint density at radius 3 is 2.61 bits per heavy atom. The van der Waals surface area contributed by atoms with Crippen molar-refractivity contribution in [1.29, 1.82) is 0 Å². The Hall–Kier alpha value is -3.14. The fraction of sp³-hybridized carbons (Fsp3) is 0.0526. The van der Waals surface area contributed by atoms with Crippen molar-refractivity contribution >= 4 is 34.0 Å². The second kappa shape index (κ2) is 5.25. The quantitative estimate of drug-likeness (QED) is 0.615. The molecule has 4 heteroatoms. The molecule has 0 amide bonds. The zero-order valence-electron chi connectivity index (χ0n) is 12.7. The molecule has 2 heterocycles. The van der Waals surface area contributed by atoms with Crippen LogP contribution in [0.2, 0.25) is 0 Å². The van der Waals surface area contributed by atoms with Crippen molar-refractivity contribution in [2.45, 2.75) is 0 Å². The number of nitrogens with one attached hydrogen (secondary N) is 1. The minimum absolute atomic E-state index is 0.117. The van der Waals surface area contributed by atoms with Crippen LogP contribution in [0.5, 0.6) is 0 Å². The number of hydrogen-bond donors (Lipinski definition) is 1. The van der Waals surface area contributed by atoms with Crippen molar-refractivity contribution in [2.75, 3.05) is 0 Å². The van der Waals surface area contributed by atoms with E-state index in [1.807, 2.05) is 49.5 Å². The van der Waals surface area contributed by atoms with Crippen LogP contribution in [0, 0.1) is 0 Å². The van der Waals surface area contributed by atoms with Gasteiger partial charge in [-0.3, -0.25) is 4.79 Å². The van der Waals surface area contributed by atoms with E-state index in [4.69, 9.17) is 0 Å². The first kappa shape index (κ1) is 13.5. The average Bonchev–Trinajstić information content (AvgIpc) is 2.90. The highest BCUT2D eigenvalue weighted by atomic mass is 16.1. The van der Waals surface area contributed by atoms with E-state index in [9.17, 15) is 4.79 Å². The van der Waals surface area contributed by atoms with Crippen LogP contribution in [0.1, 0.15) is 11.4 Å². The lowest BCUT2D eigenvalue weighted by Crippen LogP contribution is -2.09. The predicted molar refractivity (Wildman–Crippen MR) is 94.2 cm³/mol. The van der Waals surface area contributed by atoms with Gasteiger partial charge in [-0.05, 0) is 30.4 Å². The van der Waals surface area contributed by atoms with Crippen molar-refractivity contribution < 1.29 is 0 Å². The summed E-state index contributed by atoms with van der Waals surface area (Å²) in [5, 5.41) is 1.78. The number of para-hydroxylation sites is 2. The number of benzene rings is 2. The van der Waals surface area contributed by atoms with E-state index in [0.29, 0.717) is 16.7 Å². The molecular formula is C19H15N3O. The fourth-order valence-corrected chi connectivity index (χ4v) is 2.86. The van der Waals surface area contributed by atoms with Gasteiger partial charge in [-0.2, -0.15) is 0 Å².